The molecule has 0 aliphatic heterocycles. The molecule has 0 fully saturated rings. The number of aromatic nitrogens is 2. The predicted molar refractivity (Wildman–Crippen MR) is 99.6 cm³/mol. The van der Waals surface area contributed by atoms with Crippen molar-refractivity contribution in [1.29, 1.82) is 0 Å². The molecule has 0 saturated carbocycles. The van der Waals surface area contributed by atoms with Crippen LogP contribution in [0.1, 0.15) is 17.3 Å². The lowest BCUT2D eigenvalue weighted by Crippen LogP contribution is -2.04. The molecule has 132 valence electrons. The minimum Gasteiger partial charge on any atom is -0.494 e. The van der Waals surface area contributed by atoms with Crippen LogP contribution < -0.4 is 15.4 Å². The minimum atomic E-state index is -1.00. The number of carboxylic acid groups (broad SMARTS) is 1. The van der Waals surface area contributed by atoms with Crippen molar-refractivity contribution in [3.8, 4) is 5.75 Å². The third-order valence-corrected chi connectivity index (χ3v) is 3.53. The fraction of sp³-hybridized carbons (Fsp3) is 0.105. The van der Waals surface area contributed by atoms with Gasteiger partial charge in [0.2, 0.25) is 0 Å². The molecule has 3 rings (SSSR count). The van der Waals surface area contributed by atoms with Gasteiger partial charge in [0, 0.05) is 11.8 Å². The van der Waals surface area contributed by atoms with Crippen molar-refractivity contribution < 1.29 is 14.6 Å². The molecular weight excluding hydrogens is 332 g/mol. The van der Waals surface area contributed by atoms with Crippen LogP contribution in [0.25, 0.3) is 0 Å². The summed E-state index contributed by atoms with van der Waals surface area (Å²) in [4.78, 5) is 19.6. The molecule has 0 radical (unpaired) electrons. The van der Waals surface area contributed by atoms with Gasteiger partial charge in [0.25, 0.3) is 0 Å². The van der Waals surface area contributed by atoms with Crippen LogP contribution >= 0.6 is 0 Å². The van der Waals surface area contributed by atoms with E-state index >= 15 is 0 Å². The summed E-state index contributed by atoms with van der Waals surface area (Å²) in [5.41, 5.74) is 1.49. The third kappa shape index (κ3) is 4.27. The quantitative estimate of drug-likeness (QED) is 0.591. The van der Waals surface area contributed by atoms with E-state index in [-0.39, 0.29) is 5.56 Å². The Morgan fingerprint density at radius 3 is 2.42 bits per heavy atom. The first-order valence-corrected chi connectivity index (χ1v) is 8.07. The van der Waals surface area contributed by atoms with Gasteiger partial charge in [0.15, 0.2) is 0 Å². The maximum atomic E-state index is 11.3. The van der Waals surface area contributed by atoms with E-state index in [1.165, 1.54) is 12.4 Å². The summed E-state index contributed by atoms with van der Waals surface area (Å²) in [5, 5.41) is 15.4. The van der Waals surface area contributed by atoms with E-state index < -0.39 is 5.97 Å². The Bertz CT molecular complexity index is 897. The van der Waals surface area contributed by atoms with Gasteiger partial charge in [-0.3, -0.25) is 0 Å². The number of hydrogen-bond donors (Lipinski definition) is 3. The number of nitrogens with one attached hydrogen (secondary N) is 2. The summed E-state index contributed by atoms with van der Waals surface area (Å²) in [7, 11) is 0. The van der Waals surface area contributed by atoms with E-state index in [1.54, 1.807) is 24.3 Å². The van der Waals surface area contributed by atoms with Crippen LogP contribution in [0.5, 0.6) is 5.75 Å². The topological polar surface area (TPSA) is 96.4 Å². The van der Waals surface area contributed by atoms with Crippen LogP contribution in [0.3, 0.4) is 0 Å². The number of rotatable bonds is 7. The molecule has 26 heavy (non-hydrogen) atoms. The largest absolute Gasteiger partial charge is 0.494 e. The van der Waals surface area contributed by atoms with Crippen LogP contribution in [0.4, 0.5) is 23.0 Å². The number of carboxylic acids is 1. The second kappa shape index (κ2) is 7.98. The summed E-state index contributed by atoms with van der Waals surface area (Å²) in [6.45, 7) is 2.55. The molecule has 1 aromatic heterocycles. The molecule has 7 heteroatoms. The molecule has 0 atom stereocenters. The van der Waals surface area contributed by atoms with Crippen molar-refractivity contribution in [3.05, 3.63) is 66.5 Å². The smallest absolute Gasteiger partial charge is 0.337 e. The molecule has 0 spiro atoms. The van der Waals surface area contributed by atoms with Crippen LogP contribution in [-0.2, 0) is 0 Å². The lowest BCUT2D eigenvalue weighted by Gasteiger charge is -2.11. The fourth-order valence-corrected chi connectivity index (χ4v) is 2.36. The van der Waals surface area contributed by atoms with E-state index in [4.69, 9.17) is 4.74 Å². The zero-order valence-electron chi connectivity index (χ0n) is 14.1. The van der Waals surface area contributed by atoms with Crippen molar-refractivity contribution in [2.75, 3.05) is 17.2 Å². The second-order valence-corrected chi connectivity index (χ2v) is 5.35. The first kappa shape index (κ1) is 17.2. The first-order chi connectivity index (χ1) is 12.7. The van der Waals surface area contributed by atoms with Crippen LogP contribution in [0.2, 0.25) is 0 Å². The van der Waals surface area contributed by atoms with Crippen molar-refractivity contribution >= 4 is 29.0 Å². The summed E-state index contributed by atoms with van der Waals surface area (Å²) in [6.07, 6.45) is 1.41. The van der Waals surface area contributed by atoms with Gasteiger partial charge >= 0.3 is 5.97 Å². The number of aromatic carboxylic acids is 1. The molecule has 3 N–H and O–H groups in total. The minimum absolute atomic E-state index is 0.173. The third-order valence-electron chi connectivity index (χ3n) is 3.53. The summed E-state index contributed by atoms with van der Waals surface area (Å²) >= 11 is 0. The molecule has 0 aliphatic rings. The highest BCUT2D eigenvalue weighted by Gasteiger charge is 2.10. The lowest BCUT2D eigenvalue weighted by molar-refractivity contribution is 0.0698. The fourth-order valence-electron chi connectivity index (χ4n) is 2.36. The van der Waals surface area contributed by atoms with Gasteiger partial charge in [0.05, 0.1) is 17.9 Å². The molecule has 0 amide bonds. The highest BCUT2D eigenvalue weighted by molar-refractivity contribution is 5.95. The Labute approximate surface area is 150 Å². The summed E-state index contributed by atoms with van der Waals surface area (Å²) < 4.78 is 5.42. The molecule has 0 aliphatic carbocycles. The van der Waals surface area contributed by atoms with Crippen LogP contribution in [0, 0.1) is 0 Å². The van der Waals surface area contributed by atoms with E-state index in [0.29, 0.717) is 23.9 Å². The van der Waals surface area contributed by atoms with Gasteiger partial charge in [-0.2, -0.15) is 0 Å². The Morgan fingerprint density at radius 2 is 1.73 bits per heavy atom. The van der Waals surface area contributed by atoms with E-state index in [2.05, 4.69) is 20.6 Å². The standard InChI is InChI=1S/C19H18N4O3/c1-2-26-14-9-7-13(8-10-14)22-17-11-18(21-12-20-17)23-16-6-4-3-5-15(16)19(24)25/h3-12H,2H2,1H3,(H,24,25)(H2,20,21,22,23). The first-order valence-electron chi connectivity index (χ1n) is 8.07. The number of carbonyl (C=O) groups is 1. The molecule has 2 aromatic carbocycles. The molecule has 7 nitrogen and oxygen atoms in total. The maximum Gasteiger partial charge on any atom is 0.337 e. The van der Waals surface area contributed by atoms with Gasteiger partial charge in [0.1, 0.15) is 23.7 Å². The van der Waals surface area contributed by atoms with Gasteiger partial charge in [-0.15, -0.1) is 0 Å². The lowest BCUT2D eigenvalue weighted by atomic mass is 10.2. The highest BCUT2D eigenvalue weighted by Crippen LogP contribution is 2.23. The number of hydrogen-bond acceptors (Lipinski definition) is 6. The normalized spacial score (nSPS) is 10.2. The molecule has 0 unspecified atom stereocenters. The Kier molecular flexibility index (Phi) is 5.28. The maximum absolute atomic E-state index is 11.3. The van der Waals surface area contributed by atoms with Crippen LogP contribution in [0.15, 0.2) is 60.9 Å². The molecule has 1 heterocycles. The van der Waals surface area contributed by atoms with Crippen LogP contribution in [-0.4, -0.2) is 27.7 Å². The Balaban J connectivity index is 1.75. The van der Waals surface area contributed by atoms with E-state index in [0.717, 1.165) is 11.4 Å². The summed E-state index contributed by atoms with van der Waals surface area (Å²) in [6, 6.07) is 15.9. The zero-order valence-corrected chi connectivity index (χ0v) is 14.1. The Hall–Kier alpha value is -3.61. The number of ether oxygens (including phenoxy) is 1. The molecular formula is C19H18N4O3. The number of para-hydroxylation sites is 1. The number of nitrogens with zero attached hydrogens (tertiary/aromatic N) is 2. The summed E-state index contributed by atoms with van der Waals surface area (Å²) in [5.74, 6) is 0.866. The predicted octanol–water partition coefficient (Wildman–Crippen LogP) is 4.06. The molecule has 0 bridgehead atoms. The second-order valence-electron chi connectivity index (χ2n) is 5.35. The SMILES string of the molecule is CCOc1ccc(Nc2cc(Nc3ccccc3C(=O)O)ncn2)cc1. The molecule has 0 saturated heterocycles. The van der Waals surface area contributed by atoms with Gasteiger partial charge in [-0.1, -0.05) is 12.1 Å². The van der Waals surface area contributed by atoms with Gasteiger partial charge in [-0.25, -0.2) is 14.8 Å². The average molecular weight is 350 g/mol. The van der Waals surface area contributed by atoms with Crippen molar-refractivity contribution in [3.63, 3.8) is 0 Å². The van der Waals surface area contributed by atoms with E-state index in [1.807, 2.05) is 31.2 Å². The highest BCUT2D eigenvalue weighted by atomic mass is 16.5. The number of benzene rings is 2. The van der Waals surface area contributed by atoms with Crippen molar-refractivity contribution in [1.82, 2.24) is 9.97 Å². The number of anilines is 4. The van der Waals surface area contributed by atoms with Crippen molar-refractivity contribution in [2.45, 2.75) is 6.92 Å². The molecule has 3 aromatic rings. The monoisotopic (exact) mass is 350 g/mol. The van der Waals surface area contributed by atoms with E-state index in [9.17, 15) is 9.90 Å². The average Bonchev–Trinajstić information content (AvgIpc) is 2.64. The van der Waals surface area contributed by atoms with Gasteiger partial charge in [-0.05, 0) is 43.3 Å². The zero-order chi connectivity index (χ0) is 18.4. The Morgan fingerprint density at radius 1 is 1.04 bits per heavy atom. The van der Waals surface area contributed by atoms with Gasteiger partial charge < -0.3 is 20.5 Å². The van der Waals surface area contributed by atoms with Crippen molar-refractivity contribution in [2.24, 2.45) is 0 Å².